The first-order valence-electron chi connectivity index (χ1n) is 35.6. The zero-order valence-electron chi connectivity index (χ0n) is 62.8. The van der Waals surface area contributed by atoms with E-state index in [0.717, 1.165) is 86.9 Å². The van der Waals surface area contributed by atoms with E-state index in [1.165, 1.54) is 116 Å². The van der Waals surface area contributed by atoms with Crippen LogP contribution in [0.15, 0.2) is 0 Å². The monoisotopic (exact) mass is 1040 g/mol. The molecule has 0 N–H and O–H groups in total. The van der Waals surface area contributed by atoms with Crippen molar-refractivity contribution in [1.82, 2.24) is 0 Å². The van der Waals surface area contributed by atoms with Gasteiger partial charge >= 0.3 is 0 Å². The van der Waals surface area contributed by atoms with E-state index in [4.69, 9.17) is 8.22 Å². The van der Waals surface area contributed by atoms with Crippen LogP contribution in [0.5, 0.6) is 0 Å². The highest BCUT2D eigenvalue weighted by atomic mass is 14.5. The van der Waals surface area contributed by atoms with Crippen LogP contribution in [0.4, 0.5) is 0 Å². The van der Waals surface area contributed by atoms with Crippen molar-refractivity contribution in [2.45, 2.75) is 380 Å². The molecule has 0 amide bonds. The SMILES string of the molecule is CC(C1CCC(C)(C)CC1)C(C)(C)C.CC(C1CCCC1)C(C)(C)C.CC(C1CCCCC1)C(C)(C)C.[2H]C([2H])(C)C1(C(C)(C)C)CCC(C)(C)CC1.[2H]C([2H])(C)C1(C(C)(C)C)CCCC1.[2H]C([2H])(C)C1(C(C)(C)C)CCCCC1. The smallest absolute Gasteiger partial charge is 0.0270 e. The third-order valence-electron chi connectivity index (χ3n) is 23.0. The summed E-state index contributed by atoms with van der Waals surface area (Å²) >= 11 is 0. The highest BCUT2D eigenvalue weighted by Gasteiger charge is 2.45. The average Bonchev–Trinajstić information content (AvgIpc) is 4.03. The molecule has 0 spiro atoms. The van der Waals surface area contributed by atoms with Crippen molar-refractivity contribution in [3.8, 4) is 0 Å². The predicted octanol–water partition coefficient (Wildman–Crippen LogP) is 26.4. The first-order valence-corrected chi connectivity index (χ1v) is 32.6. The molecular weight excluding hydrogens is 889 g/mol. The van der Waals surface area contributed by atoms with Gasteiger partial charge in [0.1, 0.15) is 0 Å². The van der Waals surface area contributed by atoms with Crippen molar-refractivity contribution in [1.29, 1.82) is 0 Å². The van der Waals surface area contributed by atoms with E-state index >= 15 is 0 Å². The molecule has 0 aromatic heterocycles. The van der Waals surface area contributed by atoms with Crippen LogP contribution in [-0.2, 0) is 0 Å². The Morgan fingerprint density at radius 2 is 0.527 bits per heavy atom. The fourth-order valence-electron chi connectivity index (χ4n) is 14.7. The topological polar surface area (TPSA) is 0 Å². The molecular formula is C74H148. The van der Waals surface area contributed by atoms with Crippen LogP contribution in [0.3, 0.4) is 0 Å². The molecule has 0 bridgehead atoms. The summed E-state index contributed by atoms with van der Waals surface area (Å²) in [5.74, 6) is 5.69. The summed E-state index contributed by atoms with van der Waals surface area (Å²) in [6.07, 6.45) is 30.6. The van der Waals surface area contributed by atoms with Gasteiger partial charge in [0, 0.05) is 8.22 Å². The average molecular weight is 1040 g/mol. The van der Waals surface area contributed by atoms with Gasteiger partial charge in [0.05, 0.1) is 0 Å². The molecule has 0 aliphatic heterocycles. The molecule has 0 nitrogen and oxygen atoms in total. The van der Waals surface area contributed by atoms with Gasteiger partial charge in [-0.05, 0) is 191 Å². The standard InChI is InChI=1S/2C14H28.2C12H24.2C11H22/c1-11(13(2,3)4)12-7-9-14(5,6)10-8-12;1-7-14(12(2,3)4)10-8-13(5,6)9-11-14;1-10(12(2,3)4)11-8-6-5-7-9-11;1-5-12(11(2,3)4)9-7-6-8-10-12;1-9(11(2,3)4)10-7-5-6-8-10;1-5-11(10(2,3)4)8-6-7-9-11/h11-12H,7-10H2,1-6H3;7-11H2,1-6H3;10-11H,5-9H2,1-4H3;5-10H2,1-4H3;9-10H,5-8H2,1-4H3;5-9H2,1-4H3/i;7D2;;5D2;;5D2. The second-order valence-electron chi connectivity index (χ2n) is 34.6. The van der Waals surface area contributed by atoms with E-state index in [2.05, 4.69) is 173 Å². The van der Waals surface area contributed by atoms with Crippen LogP contribution in [-0.4, -0.2) is 0 Å². The summed E-state index contributed by atoms with van der Waals surface area (Å²) in [6, 6.07) is 0. The molecule has 74 heavy (non-hydrogen) atoms. The summed E-state index contributed by atoms with van der Waals surface area (Å²) in [7, 11) is 0. The van der Waals surface area contributed by atoms with Crippen molar-refractivity contribution in [3.05, 3.63) is 0 Å². The molecule has 0 aromatic rings. The maximum Gasteiger partial charge on any atom is 0.0270 e. The van der Waals surface area contributed by atoms with Gasteiger partial charge in [-0.2, -0.15) is 0 Å². The fraction of sp³-hybridized carbons (Fsp3) is 1.00. The van der Waals surface area contributed by atoms with Crippen LogP contribution in [0, 0.1) is 95.1 Å². The predicted molar refractivity (Wildman–Crippen MR) is 340 cm³/mol. The van der Waals surface area contributed by atoms with Gasteiger partial charge in [-0.15, -0.1) is 0 Å². The minimum atomic E-state index is -1.08. The lowest BCUT2D eigenvalue weighted by atomic mass is 9.54. The second-order valence-corrected chi connectivity index (χ2v) is 34.6. The summed E-state index contributed by atoms with van der Waals surface area (Å²) in [4.78, 5) is 0. The van der Waals surface area contributed by atoms with Gasteiger partial charge in [-0.25, -0.2) is 0 Å². The van der Waals surface area contributed by atoms with Gasteiger partial charge in [-0.1, -0.05) is 284 Å². The van der Waals surface area contributed by atoms with E-state index in [-0.39, 0.29) is 32.5 Å². The van der Waals surface area contributed by atoms with Gasteiger partial charge in [0.15, 0.2) is 0 Å². The zero-order valence-corrected chi connectivity index (χ0v) is 56.8. The van der Waals surface area contributed by atoms with Crippen LogP contribution in [0.25, 0.3) is 0 Å². The molecule has 6 fully saturated rings. The Hall–Kier alpha value is 0. The molecule has 0 heterocycles. The van der Waals surface area contributed by atoms with Gasteiger partial charge in [0.25, 0.3) is 0 Å². The van der Waals surface area contributed by atoms with Crippen molar-refractivity contribution >= 4 is 0 Å². The van der Waals surface area contributed by atoms with Crippen molar-refractivity contribution in [2.24, 2.45) is 95.1 Å². The minimum Gasteiger partial charge on any atom is -0.0648 e. The number of hydrogen-bond acceptors (Lipinski definition) is 0. The molecule has 6 aliphatic rings. The van der Waals surface area contributed by atoms with E-state index in [0.29, 0.717) is 27.1 Å². The molecule has 3 unspecified atom stereocenters. The zero-order chi connectivity index (χ0) is 62.8. The lowest BCUT2D eigenvalue weighted by Crippen LogP contribution is -2.40. The van der Waals surface area contributed by atoms with Crippen molar-refractivity contribution in [3.63, 3.8) is 0 Å². The lowest BCUT2D eigenvalue weighted by molar-refractivity contribution is -0.00238. The number of hydrogen-bond donors (Lipinski definition) is 0. The molecule has 444 valence electrons. The molecule has 3 atom stereocenters. The van der Waals surface area contributed by atoms with Gasteiger partial charge < -0.3 is 0 Å². The quantitative estimate of drug-likeness (QED) is 0.249. The number of rotatable bonds is 6. The van der Waals surface area contributed by atoms with E-state index < -0.39 is 19.1 Å². The summed E-state index contributed by atoms with van der Waals surface area (Å²) in [6.45, 7) is 63.2. The molecule has 0 saturated heterocycles. The molecule has 0 aromatic carbocycles. The molecule has 6 rings (SSSR count). The first-order chi connectivity index (χ1) is 35.6. The highest BCUT2D eigenvalue weighted by molar-refractivity contribution is 4.96. The Kier molecular flexibility index (Phi) is 24.7. The van der Waals surface area contributed by atoms with Crippen LogP contribution in [0.1, 0.15) is 388 Å². The first kappa shape index (κ1) is 61.6. The molecule has 0 heteroatoms. The van der Waals surface area contributed by atoms with E-state index in [9.17, 15) is 0 Å². The molecule has 6 aliphatic carbocycles. The van der Waals surface area contributed by atoms with Crippen molar-refractivity contribution in [2.75, 3.05) is 0 Å². The molecule has 6 saturated carbocycles. The summed E-state index contributed by atoms with van der Waals surface area (Å²) in [5, 5.41) is 0. The Balaban J connectivity index is 0.000000482. The molecule has 0 radical (unpaired) electrons. The van der Waals surface area contributed by atoms with Crippen LogP contribution >= 0.6 is 0 Å². The Morgan fingerprint density at radius 1 is 0.311 bits per heavy atom. The normalized spacial score (nSPS) is 26.6. The van der Waals surface area contributed by atoms with E-state index in [1.807, 2.05) is 0 Å². The van der Waals surface area contributed by atoms with E-state index in [1.54, 1.807) is 20.8 Å². The highest BCUT2D eigenvalue weighted by Crippen LogP contribution is 2.57. The van der Waals surface area contributed by atoms with Crippen molar-refractivity contribution < 1.29 is 8.22 Å². The lowest BCUT2D eigenvalue weighted by Gasteiger charge is -2.51. The minimum absolute atomic E-state index is 0.0434. The van der Waals surface area contributed by atoms with Gasteiger partial charge in [0.2, 0.25) is 0 Å². The third kappa shape index (κ3) is 22.9. The maximum absolute atomic E-state index is 8.23. The largest absolute Gasteiger partial charge is 0.0648 e. The second kappa shape index (κ2) is 29.6. The third-order valence-corrected chi connectivity index (χ3v) is 23.0. The Labute approximate surface area is 481 Å². The van der Waals surface area contributed by atoms with Gasteiger partial charge in [-0.3, -0.25) is 0 Å². The summed E-state index contributed by atoms with van der Waals surface area (Å²) in [5.41, 5.74) is 2.39. The fourth-order valence-corrected chi connectivity index (χ4v) is 14.7. The van der Waals surface area contributed by atoms with Crippen LogP contribution < -0.4 is 0 Å². The Bertz CT molecular complexity index is 1630. The Morgan fingerprint density at radius 3 is 0.770 bits per heavy atom. The summed E-state index contributed by atoms with van der Waals surface area (Å²) < 4.78 is 48.6. The van der Waals surface area contributed by atoms with Crippen LogP contribution in [0.2, 0.25) is 0 Å². The maximum atomic E-state index is 8.23.